The van der Waals surface area contributed by atoms with Gasteiger partial charge in [0.2, 0.25) is 0 Å². The monoisotopic (exact) mass is 506 g/mol. The minimum absolute atomic E-state index is 0.108. The molecule has 0 amide bonds. The zero-order valence-electron chi connectivity index (χ0n) is 20.0. The maximum Gasteiger partial charge on any atom is 0.418 e. The van der Waals surface area contributed by atoms with Crippen LogP contribution in [0.1, 0.15) is 45.9 Å². The molecule has 1 saturated heterocycles. The number of hydrogen-bond donors (Lipinski definition) is 1. The molecule has 0 radical (unpaired) electrons. The topological polar surface area (TPSA) is 33.1 Å². The van der Waals surface area contributed by atoms with Crippen LogP contribution in [0.25, 0.3) is 5.69 Å². The summed E-state index contributed by atoms with van der Waals surface area (Å²) in [4.78, 5) is 6.62. The number of para-hydroxylation sites is 1. The fourth-order valence-electron chi connectivity index (χ4n) is 5.09. The average Bonchev–Trinajstić information content (AvgIpc) is 3.34. The number of thiocarbonyl (C=S) groups is 1. The number of nitrogens with one attached hydrogen (secondary N) is 1. The quantitative estimate of drug-likeness (QED) is 0.302. The second-order valence-corrected chi connectivity index (χ2v) is 9.40. The molecule has 0 saturated carbocycles. The van der Waals surface area contributed by atoms with Gasteiger partial charge in [0.25, 0.3) is 0 Å². The number of pyridine rings is 1. The summed E-state index contributed by atoms with van der Waals surface area (Å²) >= 11 is 5.80. The largest absolute Gasteiger partial charge is 0.418 e. The van der Waals surface area contributed by atoms with Crippen molar-refractivity contribution in [3.8, 4) is 5.69 Å². The minimum atomic E-state index is -4.47. The first-order valence-electron chi connectivity index (χ1n) is 11.6. The Morgan fingerprint density at radius 3 is 2.36 bits per heavy atom. The number of alkyl halides is 3. The third-order valence-corrected chi connectivity index (χ3v) is 6.93. The van der Waals surface area contributed by atoms with Gasteiger partial charge in [-0.25, -0.2) is 0 Å². The molecular weight excluding hydrogens is 481 g/mol. The predicted octanol–water partition coefficient (Wildman–Crippen LogP) is 6.99. The van der Waals surface area contributed by atoms with Gasteiger partial charge in [0.1, 0.15) is 0 Å². The maximum absolute atomic E-state index is 13.9. The Morgan fingerprint density at radius 2 is 1.67 bits per heavy atom. The van der Waals surface area contributed by atoms with Gasteiger partial charge < -0.3 is 14.8 Å². The highest BCUT2D eigenvalue weighted by molar-refractivity contribution is 7.80. The average molecular weight is 507 g/mol. The van der Waals surface area contributed by atoms with E-state index in [1.165, 1.54) is 12.1 Å². The molecule has 1 aliphatic rings. The summed E-state index contributed by atoms with van der Waals surface area (Å²) in [7, 11) is 0. The number of aryl methyl sites for hydroxylation is 2. The van der Waals surface area contributed by atoms with Crippen molar-refractivity contribution in [1.82, 2.24) is 14.9 Å². The summed E-state index contributed by atoms with van der Waals surface area (Å²) in [5, 5.41) is 3.97. The third-order valence-electron chi connectivity index (χ3n) is 6.62. The molecule has 5 rings (SSSR count). The first-order valence-corrected chi connectivity index (χ1v) is 12.0. The van der Waals surface area contributed by atoms with Crippen LogP contribution in [0.15, 0.2) is 79.0 Å². The maximum atomic E-state index is 13.9. The Kier molecular flexibility index (Phi) is 6.08. The number of hydrogen-bond acceptors (Lipinski definition) is 2. The molecule has 0 bridgehead atoms. The van der Waals surface area contributed by atoms with Gasteiger partial charge in [0, 0.05) is 23.3 Å². The molecule has 0 aliphatic carbocycles. The van der Waals surface area contributed by atoms with Gasteiger partial charge in [0.15, 0.2) is 5.11 Å². The van der Waals surface area contributed by atoms with Crippen LogP contribution in [0.2, 0.25) is 0 Å². The molecule has 4 aromatic rings. The van der Waals surface area contributed by atoms with Crippen molar-refractivity contribution in [2.45, 2.75) is 39.0 Å². The summed E-state index contributed by atoms with van der Waals surface area (Å²) in [6.07, 6.45) is -2.74. The zero-order chi connectivity index (χ0) is 25.6. The van der Waals surface area contributed by atoms with Crippen molar-refractivity contribution in [3.05, 3.63) is 113 Å². The lowest BCUT2D eigenvalue weighted by atomic mass is 9.96. The van der Waals surface area contributed by atoms with E-state index in [0.717, 1.165) is 34.3 Å². The summed E-state index contributed by atoms with van der Waals surface area (Å²) in [6, 6.07) is 20.8. The van der Waals surface area contributed by atoms with Gasteiger partial charge in [-0.3, -0.25) is 4.98 Å². The highest BCUT2D eigenvalue weighted by Crippen LogP contribution is 2.44. The Balaban J connectivity index is 1.71. The van der Waals surface area contributed by atoms with Crippen LogP contribution in [0.3, 0.4) is 0 Å². The molecule has 4 nitrogen and oxygen atoms in total. The fourth-order valence-corrected chi connectivity index (χ4v) is 5.44. The molecule has 36 heavy (non-hydrogen) atoms. The normalized spacial score (nSPS) is 17.9. The van der Waals surface area contributed by atoms with Crippen LogP contribution in [-0.4, -0.2) is 14.7 Å². The second kappa shape index (κ2) is 9.09. The molecule has 2 aromatic carbocycles. The van der Waals surface area contributed by atoms with Crippen molar-refractivity contribution in [2.24, 2.45) is 0 Å². The van der Waals surface area contributed by atoms with Gasteiger partial charge in [0.05, 0.1) is 29.0 Å². The Hall–Kier alpha value is -3.65. The van der Waals surface area contributed by atoms with Crippen molar-refractivity contribution in [1.29, 1.82) is 0 Å². The number of halogens is 3. The van der Waals surface area contributed by atoms with E-state index < -0.39 is 11.7 Å². The standard InChI is InChI=1S/C28H25F3N4S/c1-17-9-8-10-20(15-17)35-26(25(33-27(35)36)23-12-6-7-14-32-23)21-16-18(2)34(19(21)3)24-13-5-4-11-22(24)28(29,30)31/h4-16,25-26H,1-3H3,(H,33,36). The van der Waals surface area contributed by atoms with Crippen LogP contribution in [0.5, 0.6) is 0 Å². The third kappa shape index (κ3) is 4.15. The van der Waals surface area contributed by atoms with Crippen LogP contribution >= 0.6 is 12.2 Å². The molecule has 1 aliphatic heterocycles. The number of aromatic nitrogens is 2. The molecule has 2 aromatic heterocycles. The first-order chi connectivity index (χ1) is 17.2. The lowest BCUT2D eigenvalue weighted by Crippen LogP contribution is -2.29. The highest BCUT2D eigenvalue weighted by atomic mass is 32.1. The van der Waals surface area contributed by atoms with Gasteiger partial charge in [-0.05, 0) is 86.6 Å². The van der Waals surface area contributed by atoms with E-state index in [2.05, 4.69) is 16.4 Å². The van der Waals surface area contributed by atoms with Crippen LogP contribution in [0, 0.1) is 20.8 Å². The molecule has 184 valence electrons. The highest BCUT2D eigenvalue weighted by Gasteiger charge is 2.43. The first kappa shape index (κ1) is 24.1. The molecule has 8 heteroatoms. The lowest BCUT2D eigenvalue weighted by molar-refractivity contribution is -0.137. The Bertz CT molecular complexity index is 1430. The Labute approximate surface area is 213 Å². The lowest BCUT2D eigenvalue weighted by Gasteiger charge is -2.28. The fraction of sp³-hybridized carbons (Fsp3) is 0.214. The predicted molar refractivity (Wildman–Crippen MR) is 139 cm³/mol. The van der Waals surface area contributed by atoms with Crippen molar-refractivity contribution in [2.75, 3.05) is 4.90 Å². The number of benzene rings is 2. The van der Waals surface area contributed by atoms with E-state index in [-0.39, 0.29) is 17.8 Å². The summed E-state index contributed by atoms with van der Waals surface area (Å²) in [6.45, 7) is 5.71. The van der Waals surface area contributed by atoms with Crippen LogP contribution in [-0.2, 0) is 6.18 Å². The number of anilines is 1. The summed E-state index contributed by atoms with van der Waals surface area (Å²) in [5.41, 5.74) is 4.55. The number of rotatable bonds is 4. The summed E-state index contributed by atoms with van der Waals surface area (Å²) < 4.78 is 43.4. The molecular formula is C28H25F3N4S. The van der Waals surface area contributed by atoms with Gasteiger partial charge in [-0.1, -0.05) is 30.3 Å². The summed E-state index contributed by atoms with van der Waals surface area (Å²) in [5.74, 6) is 0. The molecule has 3 heterocycles. The van der Waals surface area contributed by atoms with Crippen molar-refractivity contribution < 1.29 is 13.2 Å². The van der Waals surface area contributed by atoms with Crippen LogP contribution in [0.4, 0.5) is 18.9 Å². The van der Waals surface area contributed by atoms with Crippen molar-refractivity contribution >= 4 is 23.0 Å². The van der Waals surface area contributed by atoms with E-state index in [0.29, 0.717) is 10.8 Å². The molecule has 2 unspecified atom stereocenters. The molecule has 1 fully saturated rings. The van der Waals surface area contributed by atoms with Gasteiger partial charge in [-0.15, -0.1) is 0 Å². The van der Waals surface area contributed by atoms with E-state index in [1.54, 1.807) is 16.8 Å². The Morgan fingerprint density at radius 1 is 0.917 bits per heavy atom. The smallest absolute Gasteiger partial charge is 0.351 e. The van der Waals surface area contributed by atoms with Gasteiger partial charge >= 0.3 is 6.18 Å². The van der Waals surface area contributed by atoms with E-state index in [1.807, 2.05) is 68.1 Å². The zero-order valence-corrected chi connectivity index (χ0v) is 20.9. The van der Waals surface area contributed by atoms with E-state index in [4.69, 9.17) is 12.2 Å². The molecule has 0 spiro atoms. The number of nitrogens with zero attached hydrogens (tertiary/aromatic N) is 3. The second-order valence-electron chi connectivity index (χ2n) is 9.01. The van der Waals surface area contributed by atoms with E-state index in [9.17, 15) is 13.2 Å². The minimum Gasteiger partial charge on any atom is -0.351 e. The van der Waals surface area contributed by atoms with Crippen molar-refractivity contribution in [3.63, 3.8) is 0 Å². The van der Waals surface area contributed by atoms with Gasteiger partial charge in [-0.2, -0.15) is 13.2 Å². The molecule has 1 N–H and O–H groups in total. The molecule has 2 atom stereocenters. The van der Waals surface area contributed by atoms with E-state index >= 15 is 0 Å². The van der Waals surface area contributed by atoms with Crippen LogP contribution < -0.4 is 10.2 Å². The SMILES string of the molecule is Cc1cccc(N2C(=S)NC(c3ccccn3)C2c2cc(C)n(-c3ccccc3C(F)(F)F)c2C)c1.